The second-order valence-corrected chi connectivity index (χ2v) is 9.61. The maximum atomic E-state index is 12.4. The third kappa shape index (κ3) is 3.27. The van der Waals surface area contributed by atoms with Gasteiger partial charge >= 0.3 is 0 Å². The summed E-state index contributed by atoms with van der Waals surface area (Å²) in [6, 6.07) is 3.45. The molecule has 1 aromatic heterocycles. The fourth-order valence-corrected chi connectivity index (χ4v) is 3.67. The van der Waals surface area contributed by atoms with Gasteiger partial charge in [-0.3, -0.25) is 0 Å². The molecule has 0 radical (unpaired) electrons. The lowest BCUT2D eigenvalue weighted by molar-refractivity contribution is 0.0498. The molecule has 22 heavy (non-hydrogen) atoms. The van der Waals surface area contributed by atoms with Crippen LogP contribution in [0.5, 0.6) is 0 Å². The number of nitrogens with zero attached hydrogens (tertiary/aromatic N) is 2. The third-order valence-electron chi connectivity index (χ3n) is 4.36. The summed E-state index contributed by atoms with van der Waals surface area (Å²) in [6.45, 7) is 9.01. The van der Waals surface area contributed by atoms with Gasteiger partial charge in [-0.05, 0) is 45.2 Å². The molecule has 2 heterocycles. The molecule has 124 valence electrons. The molecule has 2 rings (SSSR count). The van der Waals surface area contributed by atoms with Gasteiger partial charge in [-0.15, -0.1) is 0 Å². The van der Waals surface area contributed by atoms with E-state index in [2.05, 4.69) is 16.8 Å². The first-order valence-electron chi connectivity index (χ1n) is 7.65. The Labute approximate surface area is 133 Å². The summed E-state index contributed by atoms with van der Waals surface area (Å²) in [5.41, 5.74) is 0.946. The lowest BCUT2D eigenvalue weighted by Gasteiger charge is -2.37. The fraction of sp³-hybridized carbons (Fsp3) is 0.688. The van der Waals surface area contributed by atoms with Crippen molar-refractivity contribution in [2.24, 2.45) is 5.92 Å². The average Bonchev–Trinajstić information content (AvgIpc) is 2.47. The first-order chi connectivity index (χ1) is 10.2. The number of pyridine rings is 1. The summed E-state index contributed by atoms with van der Waals surface area (Å²) in [6.07, 6.45) is 2.91. The lowest BCUT2D eigenvalue weighted by atomic mass is 9.95. The van der Waals surface area contributed by atoms with Gasteiger partial charge < -0.3 is 9.64 Å². The molecule has 1 aromatic rings. The summed E-state index contributed by atoms with van der Waals surface area (Å²) in [4.78, 5) is 6.39. The van der Waals surface area contributed by atoms with Gasteiger partial charge in [0.25, 0.3) is 0 Å². The van der Waals surface area contributed by atoms with Crippen molar-refractivity contribution in [3.05, 3.63) is 18.3 Å². The van der Waals surface area contributed by atoms with Crippen LogP contribution in [0.15, 0.2) is 23.4 Å². The Balaban J connectivity index is 2.20. The Bertz CT molecular complexity index is 605. The normalized spacial score (nSPS) is 23.6. The van der Waals surface area contributed by atoms with Gasteiger partial charge in [-0.25, -0.2) is 13.4 Å². The van der Waals surface area contributed by atoms with E-state index < -0.39 is 14.6 Å². The molecule has 0 spiro atoms. The predicted octanol–water partition coefficient (Wildman–Crippen LogP) is 2.52. The molecule has 0 bridgehead atoms. The number of piperidine rings is 1. The number of aromatic nitrogens is 1. The maximum absolute atomic E-state index is 12.4. The van der Waals surface area contributed by atoms with Crippen LogP contribution in [0.3, 0.4) is 0 Å². The van der Waals surface area contributed by atoms with E-state index in [4.69, 9.17) is 4.74 Å². The summed E-state index contributed by atoms with van der Waals surface area (Å²) >= 11 is 0. The fourth-order valence-electron chi connectivity index (χ4n) is 2.61. The molecule has 0 N–H and O–H groups in total. The van der Waals surface area contributed by atoms with E-state index in [0.29, 0.717) is 5.92 Å². The zero-order chi connectivity index (χ0) is 16.5. The van der Waals surface area contributed by atoms with Crippen molar-refractivity contribution in [1.29, 1.82) is 0 Å². The van der Waals surface area contributed by atoms with Crippen molar-refractivity contribution >= 4 is 15.5 Å². The van der Waals surface area contributed by atoms with Gasteiger partial charge in [0.05, 0.1) is 22.7 Å². The highest BCUT2D eigenvalue weighted by Gasteiger charge is 2.32. The molecular formula is C16H26N2O3S. The zero-order valence-corrected chi connectivity index (χ0v) is 14.9. The Morgan fingerprint density at radius 1 is 1.32 bits per heavy atom. The largest absolute Gasteiger partial charge is 0.379 e. The first-order valence-corrected chi connectivity index (χ1v) is 9.13. The van der Waals surface area contributed by atoms with Gasteiger partial charge in [0.2, 0.25) is 0 Å². The van der Waals surface area contributed by atoms with Crippen molar-refractivity contribution in [3.8, 4) is 0 Å². The maximum Gasteiger partial charge on any atom is 0.200 e. The van der Waals surface area contributed by atoms with Crippen molar-refractivity contribution < 1.29 is 13.2 Å². The van der Waals surface area contributed by atoms with Gasteiger partial charge in [0.15, 0.2) is 14.9 Å². The van der Waals surface area contributed by atoms with E-state index in [-0.39, 0.29) is 11.1 Å². The molecule has 2 unspecified atom stereocenters. The minimum Gasteiger partial charge on any atom is -0.379 e. The number of rotatable bonds is 3. The molecule has 6 heteroatoms. The van der Waals surface area contributed by atoms with Crippen LogP contribution in [0, 0.1) is 5.92 Å². The molecule has 2 atom stereocenters. The highest BCUT2D eigenvalue weighted by Crippen LogP contribution is 2.27. The SMILES string of the molecule is COC1CN(c2ccc(S(=O)(=O)C(C)(C)C)nc2)CCC1C. The van der Waals surface area contributed by atoms with E-state index in [9.17, 15) is 8.42 Å². The molecule has 1 aliphatic rings. The smallest absolute Gasteiger partial charge is 0.200 e. The quantitative estimate of drug-likeness (QED) is 0.854. The summed E-state index contributed by atoms with van der Waals surface area (Å²) < 4.78 is 29.4. The predicted molar refractivity (Wildman–Crippen MR) is 88.0 cm³/mol. The zero-order valence-electron chi connectivity index (χ0n) is 14.0. The molecule has 0 aliphatic carbocycles. The molecular weight excluding hydrogens is 300 g/mol. The van der Waals surface area contributed by atoms with Gasteiger partial charge in [-0.2, -0.15) is 0 Å². The number of sulfone groups is 1. The number of hydrogen-bond acceptors (Lipinski definition) is 5. The number of ether oxygens (including phenoxy) is 1. The van der Waals surface area contributed by atoms with Gasteiger partial charge in [0, 0.05) is 20.2 Å². The minimum absolute atomic E-state index is 0.136. The van der Waals surface area contributed by atoms with Gasteiger partial charge in [-0.1, -0.05) is 6.92 Å². The molecule has 0 saturated carbocycles. The van der Waals surface area contributed by atoms with Gasteiger partial charge in [0.1, 0.15) is 0 Å². The monoisotopic (exact) mass is 326 g/mol. The van der Waals surface area contributed by atoms with Crippen molar-refractivity contribution in [1.82, 2.24) is 4.98 Å². The van der Waals surface area contributed by atoms with Crippen LogP contribution in [0.2, 0.25) is 0 Å². The van der Waals surface area contributed by atoms with E-state index in [0.717, 1.165) is 25.2 Å². The summed E-state index contributed by atoms with van der Waals surface area (Å²) in [5, 5.41) is 0.136. The molecule has 1 fully saturated rings. The van der Waals surface area contributed by atoms with Crippen LogP contribution in [0.4, 0.5) is 5.69 Å². The average molecular weight is 326 g/mol. The van der Waals surface area contributed by atoms with Crippen LogP contribution >= 0.6 is 0 Å². The molecule has 1 aliphatic heterocycles. The topological polar surface area (TPSA) is 59.5 Å². The second kappa shape index (κ2) is 6.16. The summed E-state index contributed by atoms with van der Waals surface area (Å²) in [7, 11) is -1.66. The highest BCUT2D eigenvalue weighted by atomic mass is 32.2. The minimum atomic E-state index is -3.40. The standard InChI is InChI=1S/C16H26N2O3S/c1-12-8-9-18(11-14(12)21-5)13-6-7-15(17-10-13)22(19,20)16(2,3)4/h6-7,10,12,14H,8-9,11H2,1-5H3. The number of anilines is 1. The van der Waals surface area contributed by atoms with Crippen LogP contribution in [-0.2, 0) is 14.6 Å². The van der Waals surface area contributed by atoms with Crippen LogP contribution < -0.4 is 4.90 Å². The van der Waals surface area contributed by atoms with E-state index in [1.165, 1.54) is 0 Å². The molecule has 1 saturated heterocycles. The molecule has 5 nitrogen and oxygen atoms in total. The Hall–Kier alpha value is -1.14. The van der Waals surface area contributed by atoms with Crippen molar-refractivity contribution in [2.45, 2.75) is 50.0 Å². The van der Waals surface area contributed by atoms with Crippen LogP contribution in [0.1, 0.15) is 34.1 Å². The Morgan fingerprint density at radius 3 is 2.50 bits per heavy atom. The highest BCUT2D eigenvalue weighted by molar-refractivity contribution is 7.92. The van der Waals surface area contributed by atoms with Crippen LogP contribution in [0.25, 0.3) is 0 Å². The Kier molecular flexibility index (Phi) is 4.82. The van der Waals surface area contributed by atoms with E-state index in [1.807, 2.05) is 6.07 Å². The molecule has 0 amide bonds. The first kappa shape index (κ1) is 17.2. The second-order valence-electron chi connectivity index (χ2n) is 6.96. The molecule has 0 aromatic carbocycles. The summed E-state index contributed by atoms with van der Waals surface area (Å²) in [5.74, 6) is 0.537. The number of methoxy groups -OCH3 is 1. The van der Waals surface area contributed by atoms with Crippen molar-refractivity contribution in [3.63, 3.8) is 0 Å². The van der Waals surface area contributed by atoms with Crippen molar-refractivity contribution in [2.75, 3.05) is 25.1 Å². The Morgan fingerprint density at radius 2 is 2.00 bits per heavy atom. The number of hydrogen-bond donors (Lipinski definition) is 0. The van der Waals surface area contributed by atoms with Crippen LogP contribution in [-0.4, -0.2) is 44.5 Å². The van der Waals surface area contributed by atoms with E-state index in [1.54, 1.807) is 40.1 Å². The lowest BCUT2D eigenvalue weighted by Crippen LogP contribution is -2.44. The third-order valence-corrected chi connectivity index (χ3v) is 6.76. The van der Waals surface area contributed by atoms with E-state index >= 15 is 0 Å².